The number of methoxy groups -OCH3 is 1. The van der Waals surface area contributed by atoms with E-state index < -0.39 is 0 Å². The Labute approximate surface area is 221 Å². The first-order chi connectivity index (χ1) is 17.9. The van der Waals surface area contributed by atoms with E-state index in [4.69, 9.17) is 4.74 Å². The maximum atomic E-state index is 13.3. The molecule has 202 valence electrons. The largest absolute Gasteiger partial charge is 0.495 e. The zero-order valence-corrected chi connectivity index (χ0v) is 22.7. The average molecular weight is 511 g/mol. The van der Waals surface area contributed by atoms with Gasteiger partial charge in [-0.15, -0.1) is 0 Å². The van der Waals surface area contributed by atoms with Crippen molar-refractivity contribution in [1.29, 1.82) is 0 Å². The van der Waals surface area contributed by atoms with Crippen LogP contribution in [0.4, 0.5) is 21.9 Å². The number of rotatable bonds is 12. The fourth-order valence-corrected chi connectivity index (χ4v) is 4.40. The van der Waals surface area contributed by atoms with Crippen molar-refractivity contribution in [2.75, 3.05) is 82.1 Å². The van der Waals surface area contributed by atoms with E-state index in [2.05, 4.69) is 43.6 Å². The van der Waals surface area contributed by atoms with E-state index in [0.717, 1.165) is 69.1 Å². The summed E-state index contributed by atoms with van der Waals surface area (Å²) in [5.41, 5.74) is 3.13. The summed E-state index contributed by atoms with van der Waals surface area (Å²) in [7, 11) is 5.73. The van der Waals surface area contributed by atoms with E-state index in [0.29, 0.717) is 24.3 Å². The van der Waals surface area contributed by atoms with Gasteiger partial charge in [0.1, 0.15) is 5.75 Å². The fourth-order valence-electron chi connectivity index (χ4n) is 4.40. The predicted molar refractivity (Wildman–Crippen MR) is 151 cm³/mol. The predicted octanol–water partition coefficient (Wildman–Crippen LogP) is 3.62. The van der Waals surface area contributed by atoms with Crippen LogP contribution in [-0.4, -0.2) is 83.9 Å². The van der Waals surface area contributed by atoms with Gasteiger partial charge < -0.3 is 35.4 Å². The van der Waals surface area contributed by atoms with E-state index in [1.165, 1.54) is 0 Å². The molecule has 1 saturated heterocycles. The van der Waals surface area contributed by atoms with Gasteiger partial charge in [0.25, 0.3) is 5.91 Å². The number of carbonyl (C=O) groups is 2. The molecule has 0 aromatic heterocycles. The van der Waals surface area contributed by atoms with Gasteiger partial charge in [0.15, 0.2) is 0 Å². The number of piperazine rings is 1. The van der Waals surface area contributed by atoms with Crippen molar-refractivity contribution in [3.05, 3.63) is 48.0 Å². The Kier molecular flexibility index (Phi) is 10.9. The highest BCUT2D eigenvalue weighted by Crippen LogP contribution is 2.31. The molecule has 2 aromatic rings. The lowest BCUT2D eigenvalue weighted by atomic mass is 10.1. The summed E-state index contributed by atoms with van der Waals surface area (Å²) < 4.78 is 5.55. The fraction of sp³-hybridized carbons (Fsp3) is 0.500. The van der Waals surface area contributed by atoms with Crippen molar-refractivity contribution >= 4 is 29.0 Å². The van der Waals surface area contributed by atoms with Crippen LogP contribution in [0.1, 0.15) is 36.5 Å². The average Bonchev–Trinajstić information content (AvgIpc) is 2.91. The summed E-state index contributed by atoms with van der Waals surface area (Å²) in [6.45, 7) is 7.35. The molecule has 1 aliphatic heterocycles. The van der Waals surface area contributed by atoms with E-state index >= 15 is 0 Å². The maximum absolute atomic E-state index is 13.3. The minimum Gasteiger partial charge on any atom is -0.495 e. The summed E-state index contributed by atoms with van der Waals surface area (Å²) in [6.07, 6.45) is 2.80. The summed E-state index contributed by atoms with van der Waals surface area (Å²) in [5, 5.41) is 8.79. The van der Waals surface area contributed by atoms with Crippen molar-refractivity contribution < 1.29 is 14.3 Å². The van der Waals surface area contributed by atoms with Gasteiger partial charge in [-0.1, -0.05) is 25.5 Å². The smallest absolute Gasteiger partial charge is 0.319 e. The van der Waals surface area contributed by atoms with Gasteiger partial charge in [0, 0.05) is 50.6 Å². The number of hydrogen-bond donors (Lipinski definition) is 3. The Morgan fingerprint density at radius 1 is 0.919 bits per heavy atom. The number of carbonyl (C=O) groups excluding carboxylic acids is 2. The first-order valence-corrected chi connectivity index (χ1v) is 13.2. The monoisotopic (exact) mass is 510 g/mol. The molecule has 3 rings (SSSR count). The summed E-state index contributed by atoms with van der Waals surface area (Å²) in [4.78, 5) is 32.2. The molecule has 0 saturated carbocycles. The molecule has 0 atom stereocenters. The second-order valence-corrected chi connectivity index (χ2v) is 9.53. The summed E-state index contributed by atoms with van der Waals surface area (Å²) >= 11 is 0. The molecule has 2 aromatic carbocycles. The van der Waals surface area contributed by atoms with E-state index in [9.17, 15) is 9.59 Å². The van der Waals surface area contributed by atoms with Crippen LogP contribution < -0.4 is 30.5 Å². The number of hydrogen-bond acceptors (Lipinski definition) is 6. The number of anilines is 3. The third-order valence-corrected chi connectivity index (χ3v) is 6.43. The molecule has 3 N–H and O–H groups in total. The second-order valence-electron chi connectivity index (χ2n) is 9.53. The van der Waals surface area contributed by atoms with Crippen LogP contribution >= 0.6 is 0 Å². The zero-order valence-electron chi connectivity index (χ0n) is 22.7. The molecule has 0 aliphatic carbocycles. The standard InChI is InChI=1S/C28H42N6O3/c1-5-6-14-30-28(36)31-22-12-13-24(23(21-22)27(35)29-15-9-16-32(2)3)33-17-19-34(20-18-33)25-10-7-8-11-26(25)37-4/h7-8,10-13,21H,5-6,9,14-20H2,1-4H3,(H,29,35)(H2,30,31,36). The molecular formula is C28H42N6O3. The van der Waals surface area contributed by atoms with E-state index in [1.807, 2.05) is 44.4 Å². The Hall–Kier alpha value is -3.46. The number of unbranched alkanes of at least 4 members (excludes halogenated alkanes) is 1. The molecule has 9 heteroatoms. The molecule has 0 radical (unpaired) electrons. The van der Waals surface area contributed by atoms with Crippen LogP contribution in [0.15, 0.2) is 42.5 Å². The van der Waals surface area contributed by atoms with Gasteiger partial charge in [-0.25, -0.2) is 4.79 Å². The Balaban J connectivity index is 1.73. The van der Waals surface area contributed by atoms with Gasteiger partial charge in [-0.05, 0) is 63.8 Å². The lowest BCUT2D eigenvalue weighted by molar-refractivity contribution is 0.0952. The van der Waals surface area contributed by atoms with Gasteiger partial charge in [-0.2, -0.15) is 0 Å². The van der Waals surface area contributed by atoms with E-state index in [-0.39, 0.29) is 11.9 Å². The third kappa shape index (κ3) is 8.28. The Morgan fingerprint density at radius 3 is 2.27 bits per heavy atom. The molecule has 1 aliphatic rings. The minimum atomic E-state index is -0.260. The number of benzene rings is 2. The highest BCUT2D eigenvalue weighted by molar-refractivity contribution is 6.02. The molecule has 1 fully saturated rings. The lowest BCUT2D eigenvalue weighted by Gasteiger charge is -2.38. The van der Waals surface area contributed by atoms with Gasteiger partial charge in [0.2, 0.25) is 0 Å². The first kappa shape index (κ1) is 28.1. The molecular weight excluding hydrogens is 468 g/mol. The highest BCUT2D eigenvalue weighted by Gasteiger charge is 2.23. The van der Waals surface area contributed by atoms with Gasteiger partial charge >= 0.3 is 6.03 Å². The van der Waals surface area contributed by atoms with Crippen molar-refractivity contribution in [3.63, 3.8) is 0 Å². The number of amides is 3. The van der Waals surface area contributed by atoms with Crippen molar-refractivity contribution in [3.8, 4) is 5.75 Å². The SMILES string of the molecule is CCCCNC(=O)Nc1ccc(N2CCN(c3ccccc3OC)CC2)c(C(=O)NCCCN(C)C)c1. The summed E-state index contributed by atoms with van der Waals surface area (Å²) in [5.74, 6) is 0.734. The number of para-hydroxylation sites is 2. The molecule has 0 bridgehead atoms. The first-order valence-electron chi connectivity index (χ1n) is 13.2. The quantitative estimate of drug-likeness (QED) is 0.378. The number of nitrogens with zero attached hydrogens (tertiary/aromatic N) is 3. The van der Waals surface area contributed by atoms with Crippen LogP contribution in [0.25, 0.3) is 0 Å². The number of nitrogens with one attached hydrogen (secondary N) is 3. The molecule has 1 heterocycles. The molecule has 0 unspecified atom stereocenters. The minimum absolute atomic E-state index is 0.129. The van der Waals surface area contributed by atoms with Crippen molar-refractivity contribution in [2.24, 2.45) is 0 Å². The maximum Gasteiger partial charge on any atom is 0.319 e. The van der Waals surface area contributed by atoms with Crippen molar-refractivity contribution in [2.45, 2.75) is 26.2 Å². The van der Waals surface area contributed by atoms with Crippen LogP contribution in [-0.2, 0) is 0 Å². The Bertz CT molecular complexity index is 1020. The molecule has 9 nitrogen and oxygen atoms in total. The normalized spacial score (nSPS) is 13.4. The zero-order chi connectivity index (χ0) is 26.6. The van der Waals surface area contributed by atoms with Crippen LogP contribution in [0, 0.1) is 0 Å². The molecule has 37 heavy (non-hydrogen) atoms. The van der Waals surface area contributed by atoms with Crippen LogP contribution in [0.5, 0.6) is 5.75 Å². The van der Waals surface area contributed by atoms with Crippen molar-refractivity contribution in [1.82, 2.24) is 15.5 Å². The summed E-state index contributed by atoms with van der Waals surface area (Å²) in [6, 6.07) is 13.4. The second kappa shape index (κ2) is 14.3. The Morgan fingerprint density at radius 2 is 1.59 bits per heavy atom. The van der Waals surface area contributed by atoms with Gasteiger partial charge in [0.05, 0.1) is 18.4 Å². The third-order valence-electron chi connectivity index (χ3n) is 6.43. The highest BCUT2D eigenvalue weighted by atomic mass is 16.5. The molecule has 3 amide bonds. The van der Waals surface area contributed by atoms with E-state index in [1.54, 1.807) is 13.2 Å². The number of ether oxygens (including phenoxy) is 1. The van der Waals surface area contributed by atoms with Gasteiger partial charge in [-0.3, -0.25) is 4.79 Å². The van der Waals surface area contributed by atoms with Crippen LogP contribution in [0.3, 0.4) is 0 Å². The lowest BCUT2D eigenvalue weighted by Crippen LogP contribution is -2.47. The molecule has 0 spiro atoms. The topological polar surface area (TPSA) is 89.2 Å². The number of urea groups is 1. The van der Waals surface area contributed by atoms with Crippen LogP contribution in [0.2, 0.25) is 0 Å².